The lowest BCUT2D eigenvalue weighted by molar-refractivity contribution is -0.154. The van der Waals surface area contributed by atoms with Crippen LogP contribution in [-0.2, 0) is 11.3 Å². The zero-order valence-electron chi connectivity index (χ0n) is 17.1. The molecule has 1 aliphatic heterocycles. The number of aromatic nitrogens is 1. The molecule has 1 aromatic rings. The quantitative estimate of drug-likeness (QED) is 0.498. The molecule has 1 unspecified atom stereocenters. The van der Waals surface area contributed by atoms with Crippen molar-refractivity contribution < 1.29 is 22.6 Å². The van der Waals surface area contributed by atoms with Gasteiger partial charge in [-0.05, 0) is 11.5 Å². The van der Waals surface area contributed by atoms with Gasteiger partial charge in [0.2, 0.25) is 5.88 Å². The van der Waals surface area contributed by atoms with E-state index in [1.54, 1.807) is 13.1 Å². The SMILES string of the molecule is CN=C(NCc1ccc(OCC(F)(F)F)nc1)NCC(C(C)C)N1CCOCC1. The van der Waals surface area contributed by atoms with Crippen molar-refractivity contribution in [3.8, 4) is 5.88 Å². The Morgan fingerprint density at radius 1 is 1.28 bits per heavy atom. The number of ether oxygens (including phenoxy) is 2. The first-order valence-corrected chi connectivity index (χ1v) is 9.69. The van der Waals surface area contributed by atoms with Crippen LogP contribution in [0.2, 0.25) is 0 Å². The molecule has 1 aromatic heterocycles. The van der Waals surface area contributed by atoms with E-state index in [0.717, 1.165) is 38.4 Å². The van der Waals surface area contributed by atoms with Crippen molar-refractivity contribution in [1.82, 2.24) is 20.5 Å². The van der Waals surface area contributed by atoms with Crippen LogP contribution in [0.3, 0.4) is 0 Å². The average molecular weight is 417 g/mol. The first kappa shape index (κ1) is 23.2. The lowest BCUT2D eigenvalue weighted by Gasteiger charge is -2.37. The Morgan fingerprint density at radius 2 is 2.00 bits per heavy atom. The molecule has 1 atom stereocenters. The van der Waals surface area contributed by atoms with Gasteiger partial charge in [0.1, 0.15) is 0 Å². The normalized spacial score (nSPS) is 17.3. The van der Waals surface area contributed by atoms with Crippen LogP contribution in [0.25, 0.3) is 0 Å². The standard InChI is InChI=1S/C19H30F3N5O2/c1-14(2)16(27-6-8-28-9-7-27)12-26-18(23-3)25-11-15-4-5-17(24-10-15)29-13-19(20,21)22/h4-5,10,14,16H,6-9,11-13H2,1-3H3,(H2,23,25,26). The number of halogens is 3. The second kappa shape index (κ2) is 11.2. The van der Waals surface area contributed by atoms with E-state index in [-0.39, 0.29) is 5.88 Å². The maximum atomic E-state index is 12.2. The Morgan fingerprint density at radius 3 is 2.55 bits per heavy atom. The number of aliphatic imine (C=N–C) groups is 1. The molecule has 29 heavy (non-hydrogen) atoms. The maximum absolute atomic E-state index is 12.2. The molecule has 10 heteroatoms. The van der Waals surface area contributed by atoms with Crippen molar-refractivity contribution in [2.45, 2.75) is 32.6 Å². The van der Waals surface area contributed by atoms with Gasteiger partial charge in [0.25, 0.3) is 0 Å². The van der Waals surface area contributed by atoms with Gasteiger partial charge in [-0.1, -0.05) is 19.9 Å². The lowest BCUT2D eigenvalue weighted by atomic mass is 10.0. The monoisotopic (exact) mass is 417 g/mol. The van der Waals surface area contributed by atoms with E-state index in [9.17, 15) is 13.2 Å². The number of nitrogens with one attached hydrogen (secondary N) is 2. The van der Waals surface area contributed by atoms with E-state index in [4.69, 9.17) is 4.74 Å². The zero-order chi connectivity index (χ0) is 21.3. The molecular formula is C19H30F3N5O2. The number of hydrogen-bond acceptors (Lipinski definition) is 5. The number of guanidine groups is 1. The Bertz CT molecular complexity index is 632. The van der Waals surface area contributed by atoms with Gasteiger partial charge in [-0.15, -0.1) is 0 Å². The summed E-state index contributed by atoms with van der Waals surface area (Å²) in [7, 11) is 1.70. The Labute approximate surface area is 169 Å². The highest BCUT2D eigenvalue weighted by molar-refractivity contribution is 5.79. The number of rotatable bonds is 8. The van der Waals surface area contributed by atoms with Crippen molar-refractivity contribution in [2.24, 2.45) is 10.9 Å². The highest BCUT2D eigenvalue weighted by Crippen LogP contribution is 2.17. The fourth-order valence-electron chi connectivity index (χ4n) is 3.06. The molecule has 2 rings (SSSR count). The van der Waals surface area contributed by atoms with Gasteiger partial charge < -0.3 is 20.1 Å². The highest BCUT2D eigenvalue weighted by atomic mass is 19.4. The fraction of sp³-hybridized carbons (Fsp3) is 0.684. The van der Waals surface area contributed by atoms with E-state index in [2.05, 4.69) is 44.1 Å². The summed E-state index contributed by atoms with van der Waals surface area (Å²) < 4.78 is 46.6. The summed E-state index contributed by atoms with van der Waals surface area (Å²) in [4.78, 5) is 10.6. The summed E-state index contributed by atoms with van der Waals surface area (Å²) in [6.45, 7) is 7.59. The Hall–Kier alpha value is -2.07. The first-order valence-electron chi connectivity index (χ1n) is 9.69. The fourth-order valence-corrected chi connectivity index (χ4v) is 3.06. The molecule has 0 saturated carbocycles. The van der Waals surface area contributed by atoms with E-state index < -0.39 is 12.8 Å². The summed E-state index contributed by atoms with van der Waals surface area (Å²) in [5.74, 6) is 1.08. The van der Waals surface area contributed by atoms with Crippen LogP contribution in [-0.4, -0.2) is 74.6 Å². The molecule has 0 bridgehead atoms. The van der Waals surface area contributed by atoms with Crippen LogP contribution in [0, 0.1) is 5.92 Å². The number of nitrogens with zero attached hydrogens (tertiary/aromatic N) is 3. The second-order valence-corrected chi connectivity index (χ2v) is 7.17. The van der Waals surface area contributed by atoms with Crippen molar-refractivity contribution >= 4 is 5.96 Å². The third kappa shape index (κ3) is 8.45. The van der Waals surface area contributed by atoms with E-state index in [0.29, 0.717) is 24.5 Å². The molecule has 164 valence electrons. The summed E-state index contributed by atoms with van der Waals surface area (Å²) in [6.07, 6.45) is -2.90. The first-order chi connectivity index (χ1) is 13.8. The van der Waals surface area contributed by atoms with Gasteiger partial charge in [0.15, 0.2) is 12.6 Å². The number of morpholine rings is 1. The second-order valence-electron chi connectivity index (χ2n) is 7.17. The molecule has 1 aliphatic rings. The van der Waals surface area contributed by atoms with E-state index in [1.807, 2.05) is 0 Å². The van der Waals surface area contributed by atoms with Crippen molar-refractivity contribution in [2.75, 3.05) is 46.5 Å². The Balaban J connectivity index is 1.80. The largest absolute Gasteiger partial charge is 0.468 e. The number of hydrogen-bond donors (Lipinski definition) is 2. The minimum Gasteiger partial charge on any atom is -0.468 e. The molecule has 1 saturated heterocycles. The molecule has 2 heterocycles. The van der Waals surface area contributed by atoms with Gasteiger partial charge in [-0.3, -0.25) is 9.89 Å². The zero-order valence-corrected chi connectivity index (χ0v) is 17.1. The van der Waals surface area contributed by atoms with Crippen LogP contribution in [0.4, 0.5) is 13.2 Å². The molecule has 0 amide bonds. The van der Waals surface area contributed by atoms with Gasteiger partial charge in [-0.25, -0.2) is 4.98 Å². The minimum absolute atomic E-state index is 0.0566. The van der Waals surface area contributed by atoms with Gasteiger partial charge in [0.05, 0.1) is 13.2 Å². The third-order valence-electron chi connectivity index (χ3n) is 4.63. The molecular weight excluding hydrogens is 387 g/mol. The third-order valence-corrected chi connectivity index (χ3v) is 4.63. The van der Waals surface area contributed by atoms with Crippen LogP contribution in [0.5, 0.6) is 5.88 Å². The summed E-state index contributed by atoms with van der Waals surface area (Å²) in [5.41, 5.74) is 0.806. The molecule has 0 spiro atoms. The van der Waals surface area contributed by atoms with Gasteiger partial charge in [-0.2, -0.15) is 13.2 Å². The van der Waals surface area contributed by atoms with Crippen molar-refractivity contribution in [3.05, 3.63) is 23.9 Å². The highest BCUT2D eigenvalue weighted by Gasteiger charge is 2.28. The van der Waals surface area contributed by atoms with Crippen molar-refractivity contribution in [1.29, 1.82) is 0 Å². The summed E-state index contributed by atoms with van der Waals surface area (Å²) in [6, 6.07) is 3.46. The number of pyridine rings is 1. The molecule has 1 fully saturated rings. The minimum atomic E-state index is -4.38. The van der Waals surface area contributed by atoms with Crippen LogP contribution < -0.4 is 15.4 Å². The molecule has 0 aliphatic carbocycles. The maximum Gasteiger partial charge on any atom is 0.422 e. The molecule has 0 radical (unpaired) electrons. The van der Waals surface area contributed by atoms with Gasteiger partial charge >= 0.3 is 6.18 Å². The Kier molecular flexibility index (Phi) is 8.97. The predicted octanol–water partition coefficient (Wildman–Crippen LogP) is 2.04. The van der Waals surface area contributed by atoms with E-state index in [1.165, 1.54) is 12.3 Å². The lowest BCUT2D eigenvalue weighted by Crippen LogP contribution is -2.52. The van der Waals surface area contributed by atoms with Crippen LogP contribution >= 0.6 is 0 Å². The topological polar surface area (TPSA) is 71.0 Å². The molecule has 0 aromatic carbocycles. The summed E-state index contributed by atoms with van der Waals surface area (Å²) in [5, 5.41) is 6.55. The van der Waals surface area contributed by atoms with Crippen molar-refractivity contribution in [3.63, 3.8) is 0 Å². The van der Waals surface area contributed by atoms with Crippen LogP contribution in [0.15, 0.2) is 23.3 Å². The molecule has 7 nitrogen and oxygen atoms in total. The van der Waals surface area contributed by atoms with Crippen LogP contribution in [0.1, 0.15) is 19.4 Å². The average Bonchev–Trinajstić information content (AvgIpc) is 2.69. The van der Waals surface area contributed by atoms with E-state index >= 15 is 0 Å². The summed E-state index contributed by atoms with van der Waals surface area (Å²) >= 11 is 0. The predicted molar refractivity (Wildman–Crippen MR) is 105 cm³/mol. The van der Waals surface area contributed by atoms with Gasteiger partial charge in [0, 0.05) is 51.5 Å². The smallest absolute Gasteiger partial charge is 0.422 e. The molecule has 2 N–H and O–H groups in total. The number of alkyl halides is 3.